The predicted molar refractivity (Wildman–Crippen MR) is 84.6 cm³/mol. The van der Waals surface area contributed by atoms with E-state index in [1.165, 1.54) is 13.2 Å². The highest BCUT2D eigenvalue weighted by molar-refractivity contribution is 9.10. The van der Waals surface area contributed by atoms with Crippen LogP contribution in [0.1, 0.15) is 25.5 Å². The fraction of sp³-hybridized carbons (Fsp3) is 0.533. The van der Waals surface area contributed by atoms with Crippen molar-refractivity contribution in [1.82, 2.24) is 10.2 Å². The Morgan fingerprint density at radius 2 is 2.10 bits per heavy atom. The van der Waals surface area contributed by atoms with E-state index in [2.05, 4.69) is 40.0 Å². The molecule has 118 valence electrons. The Labute approximate surface area is 133 Å². The first kappa shape index (κ1) is 18.1. The number of hydrogen-bond acceptors (Lipinski definition) is 4. The third-order valence-electron chi connectivity index (χ3n) is 3.38. The number of likely N-dealkylation sites (N-methyl/N-ethyl adjacent to an activating group) is 1. The molecule has 0 aliphatic carbocycles. The molecule has 1 aromatic rings. The first-order chi connectivity index (χ1) is 10.0. The lowest BCUT2D eigenvalue weighted by Crippen LogP contribution is -2.37. The van der Waals surface area contributed by atoms with Crippen molar-refractivity contribution >= 4 is 21.9 Å². The minimum absolute atomic E-state index is 0.288. The average molecular weight is 361 g/mol. The molecular formula is C15H22BrFN2O2. The third kappa shape index (κ3) is 5.37. The number of methoxy groups -OCH3 is 1. The lowest BCUT2D eigenvalue weighted by Gasteiger charge is -2.22. The molecule has 0 aliphatic rings. The van der Waals surface area contributed by atoms with Crippen LogP contribution in [0.3, 0.4) is 0 Å². The zero-order chi connectivity index (χ0) is 15.8. The molecule has 0 aromatic heterocycles. The van der Waals surface area contributed by atoms with Crippen molar-refractivity contribution < 1.29 is 13.9 Å². The summed E-state index contributed by atoms with van der Waals surface area (Å²) >= 11 is 3.29. The number of ether oxygens (including phenoxy) is 1. The zero-order valence-electron chi connectivity index (χ0n) is 12.7. The minimum Gasteiger partial charge on any atom is -0.468 e. The van der Waals surface area contributed by atoms with Crippen LogP contribution in [0, 0.1) is 5.82 Å². The van der Waals surface area contributed by atoms with E-state index in [9.17, 15) is 9.18 Å². The second-order valence-corrected chi connectivity index (χ2v) is 5.52. The molecule has 1 N–H and O–H groups in total. The first-order valence-electron chi connectivity index (χ1n) is 7.01. The maximum absolute atomic E-state index is 14.0. The van der Waals surface area contributed by atoms with Gasteiger partial charge in [-0.3, -0.25) is 5.32 Å². The van der Waals surface area contributed by atoms with Gasteiger partial charge in [0.2, 0.25) is 0 Å². The molecule has 1 atom stereocenters. The van der Waals surface area contributed by atoms with Crippen LogP contribution in [-0.2, 0) is 9.53 Å². The Hall–Kier alpha value is -0.980. The van der Waals surface area contributed by atoms with E-state index in [4.69, 9.17) is 4.74 Å². The number of benzene rings is 1. The van der Waals surface area contributed by atoms with E-state index in [0.29, 0.717) is 6.54 Å². The van der Waals surface area contributed by atoms with Gasteiger partial charge in [0, 0.05) is 23.1 Å². The fourth-order valence-electron chi connectivity index (χ4n) is 2.08. The monoisotopic (exact) mass is 360 g/mol. The zero-order valence-corrected chi connectivity index (χ0v) is 14.2. The van der Waals surface area contributed by atoms with E-state index in [-0.39, 0.29) is 5.56 Å². The van der Waals surface area contributed by atoms with Crippen LogP contribution in [0.4, 0.5) is 4.39 Å². The number of esters is 1. The molecule has 0 saturated carbocycles. The van der Waals surface area contributed by atoms with Crippen molar-refractivity contribution in [2.45, 2.75) is 19.9 Å². The smallest absolute Gasteiger partial charge is 0.327 e. The van der Waals surface area contributed by atoms with Crippen molar-refractivity contribution in [3.8, 4) is 0 Å². The van der Waals surface area contributed by atoms with Crippen LogP contribution < -0.4 is 5.32 Å². The molecule has 6 heteroatoms. The summed E-state index contributed by atoms with van der Waals surface area (Å²) < 4.78 is 19.5. The highest BCUT2D eigenvalue weighted by Gasteiger charge is 2.24. The van der Waals surface area contributed by atoms with Gasteiger partial charge in [0.25, 0.3) is 0 Å². The van der Waals surface area contributed by atoms with Crippen molar-refractivity contribution in [2.24, 2.45) is 0 Å². The van der Waals surface area contributed by atoms with Gasteiger partial charge in [-0.25, -0.2) is 9.18 Å². The number of halogens is 2. The van der Waals surface area contributed by atoms with Gasteiger partial charge in [0.15, 0.2) is 0 Å². The standard InChI is InChI=1S/C15H22BrFN2O2/c1-4-19(5-2)9-8-18-14(15(20)21-3)12-10-11(16)6-7-13(12)17/h6-7,10,14,18H,4-5,8-9H2,1-3H3. The maximum Gasteiger partial charge on any atom is 0.327 e. The lowest BCUT2D eigenvalue weighted by molar-refractivity contribution is -0.143. The van der Waals surface area contributed by atoms with Crippen LogP contribution in [0.25, 0.3) is 0 Å². The van der Waals surface area contributed by atoms with Crippen LogP contribution in [0.15, 0.2) is 22.7 Å². The number of carbonyl (C=O) groups is 1. The van der Waals surface area contributed by atoms with E-state index >= 15 is 0 Å². The normalized spacial score (nSPS) is 12.5. The average Bonchev–Trinajstić information content (AvgIpc) is 2.49. The van der Waals surface area contributed by atoms with Gasteiger partial charge in [-0.2, -0.15) is 0 Å². The van der Waals surface area contributed by atoms with E-state index < -0.39 is 17.8 Å². The quantitative estimate of drug-likeness (QED) is 0.723. The third-order valence-corrected chi connectivity index (χ3v) is 3.87. The first-order valence-corrected chi connectivity index (χ1v) is 7.81. The van der Waals surface area contributed by atoms with Gasteiger partial charge in [-0.1, -0.05) is 29.8 Å². The number of nitrogens with zero attached hydrogens (tertiary/aromatic N) is 1. The summed E-state index contributed by atoms with van der Waals surface area (Å²) in [6, 6.07) is 3.73. The van der Waals surface area contributed by atoms with Crippen LogP contribution in [-0.4, -0.2) is 44.2 Å². The summed E-state index contributed by atoms with van der Waals surface area (Å²) in [5, 5.41) is 3.08. The molecule has 0 amide bonds. The van der Waals surface area contributed by atoms with Crippen molar-refractivity contribution in [3.63, 3.8) is 0 Å². The topological polar surface area (TPSA) is 41.6 Å². The molecule has 0 saturated heterocycles. The minimum atomic E-state index is -0.803. The molecule has 0 spiro atoms. The Morgan fingerprint density at radius 1 is 1.43 bits per heavy atom. The number of carbonyl (C=O) groups excluding carboxylic acids is 1. The van der Waals surface area contributed by atoms with Gasteiger partial charge >= 0.3 is 5.97 Å². The van der Waals surface area contributed by atoms with Crippen LogP contribution >= 0.6 is 15.9 Å². The second-order valence-electron chi connectivity index (χ2n) is 4.60. The van der Waals surface area contributed by atoms with E-state index in [1.807, 2.05) is 0 Å². The van der Waals surface area contributed by atoms with Crippen LogP contribution in [0.2, 0.25) is 0 Å². The summed E-state index contributed by atoms with van der Waals surface area (Å²) in [4.78, 5) is 14.1. The molecule has 0 heterocycles. The van der Waals surface area contributed by atoms with E-state index in [0.717, 1.165) is 24.1 Å². The van der Waals surface area contributed by atoms with Crippen molar-refractivity contribution in [2.75, 3.05) is 33.3 Å². The van der Waals surface area contributed by atoms with Gasteiger partial charge in [-0.15, -0.1) is 0 Å². The summed E-state index contributed by atoms with van der Waals surface area (Å²) in [6.45, 7) is 7.40. The second kappa shape index (κ2) is 9.12. The van der Waals surface area contributed by atoms with Crippen molar-refractivity contribution in [3.05, 3.63) is 34.1 Å². The van der Waals surface area contributed by atoms with Gasteiger partial charge in [-0.05, 0) is 31.3 Å². The Bertz CT molecular complexity index is 467. The predicted octanol–water partition coefficient (Wildman–Crippen LogP) is 2.73. The van der Waals surface area contributed by atoms with Crippen LogP contribution in [0.5, 0.6) is 0 Å². The largest absolute Gasteiger partial charge is 0.468 e. The molecule has 0 bridgehead atoms. The molecule has 0 fully saturated rings. The number of rotatable bonds is 8. The van der Waals surface area contributed by atoms with E-state index in [1.54, 1.807) is 12.1 Å². The molecule has 1 unspecified atom stereocenters. The van der Waals surface area contributed by atoms with Crippen molar-refractivity contribution in [1.29, 1.82) is 0 Å². The Balaban J connectivity index is 2.81. The molecular weight excluding hydrogens is 339 g/mol. The summed E-state index contributed by atoms with van der Waals surface area (Å²) in [7, 11) is 1.30. The van der Waals surface area contributed by atoms with Gasteiger partial charge < -0.3 is 9.64 Å². The molecule has 0 aliphatic heterocycles. The Kier molecular flexibility index (Phi) is 7.85. The number of nitrogens with one attached hydrogen (secondary N) is 1. The highest BCUT2D eigenvalue weighted by Crippen LogP contribution is 2.22. The summed E-state index contributed by atoms with van der Waals surface area (Å²) in [6.07, 6.45) is 0. The molecule has 21 heavy (non-hydrogen) atoms. The SMILES string of the molecule is CCN(CC)CCNC(C(=O)OC)c1cc(Br)ccc1F. The maximum atomic E-state index is 14.0. The fourth-order valence-corrected chi connectivity index (χ4v) is 2.46. The van der Waals surface area contributed by atoms with Gasteiger partial charge in [0.1, 0.15) is 11.9 Å². The summed E-state index contributed by atoms with van der Waals surface area (Å²) in [5.41, 5.74) is 0.288. The molecule has 1 rings (SSSR count). The molecule has 4 nitrogen and oxygen atoms in total. The lowest BCUT2D eigenvalue weighted by atomic mass is 10.1. The van der Waals surface area contributed by atoms with Gasteiger partial charge in [0.05, 0.1) is 7.11 Å². The molecule has 0 radical (unpaired) electrons. The molecule has 1 aromatic carbocycles. The highest BCUT2D eigenvalue weighted by atomic mass is 79.9. The summed E-state index contributed by atoms with van der Waals surface area (Å²) in [5.74, 6) is -0.921. The number of hydrogen-bond donors (Lipinski definition) is 1. The Morgan fingerprint density at radius 3 is 2.67 bits per heavy atom.